The molecular formula is C12H9Br2FN2O. The van der Waals surface area contributed by atoms with E-state index in [1.807, 2.05) is 6.07 Å². The fourth-order valence-corrected chi connectivity index (χ4v) is 1.98. The third kappa shape index (κ3) is 3.07. The third-order valence-electron chi connectivity index (χ3n) is 2.22. The van der Waals surface area contributed by atoms with Gasteiger partial charge in [0.15, 0.2) is 0 Å². The number of aromatic nitrogens is 1. The molecule has 2 N–H and O–H groups in total. The Morgan fingerprint density at radius 1 is 1.28 bits per heavy atom. The molecule has 0 saturated carbocycles. The van der Waals surface area contributed by atoms with Crippen molar-refractivity contribution in [2.45, 2.75) is 6.54 Å². The standard InChI is InChI=1S/C12H9Br2FN2O/c13-8-3-7(5-16)12(17-6-8)18-9-1-2-10(14)11(15)4-9/h1-4,6H,5,16H2. The molecule has 1 heterocycles. The lowest BCUT2D eigenvalue weighted by Gasteiger charge is -2.09. The van der Waals surface area contributed by atoms with E-state index in [4.69, 9.17) is 10.5 Å². The summed E-state index contributed by atoms with van der Waals surface area (Å²) in [5.74, 6) is 0.363. The van der Waals surface area contributed by atoms with Gasteiger partial charge in [-0.05, 0) is 50.1 Å². The molecule has 94 valence electrons. The monoisotopic (exact) mass is 374 g/mol. The van der Waals surface area contributed by atoms with Crippen molar-refractivity contribution in [2.75, 3.05) is 0 Å². The van der Waals surface area contributed by atoms with Gasteiger partial charge in [-0.25, -0.2) is 9.37 Å². The molecule has 0 unspecified atom stereocenters. The van der Waals surface area contributed by atoms with Crippen LogP contribution in [-0.4, -0.2) is 4.98 Å². The molecule has 0 aliphatic rings. The Labute approximate surface area is 120 Å². The molecule has 18 heavy (non-hydrogen) atoms. The second-order valence-corrected chi connectivity index (χ2v) is 5.27. The Kier molecular flexibility index (Phi) is 4.31. The molecule has 0 spiro atoms. The molecule has 0 aliphatic heterocycles. The molecular weight excluding hydrogens is 367 g/mol. The molecule has 0 saturated heterocycles. The van der Waals surface area contributed by atoms with Crippen LogP contribution in [-0.2, 0) is 6.54 Å². The Hall–Kier alpha value is -0.980. The van der Waals surface area contributed by atoms with Crippen molar-refractivity contribution in [2.24, 2.45) is 5.73 Å². The minimum atomic E-state index is -0.390. The zero-order valence-corrected chi connectivity index (χ0v) is 12.3. The van der Waals surface area contributed by atoms with Crippen LogP contribution >= 0.6 is 31.9 Å². The molecule has 3 nitrogen and oxygen atoms in total. The molecule has 2 aromatic rings. The molecule has 0 fully saturated rings. The van der Waals surface area contributed by atoms with Crippen LogP contribution < -0.4 is 10.5 Å². The van der Waals surface area contributed by atoms with Crippen LogP contribution in [0.15, 0.2) is 39.4 Å². The molecule has 0 amide bonds. The van der Waals surface area contributed by atoms with Crippen molar-refractivity contribution in [1.29, 1.82) is 0 Å². The van der Waals surface area contributed by atoms with Gasteiger partial charge in [-0.2, -0.15) is 0 Å². The van der Waals surface area contributed by atoms with E-state index in [0.29, 0.717) is 22.6 Å². The van der Waals surface area contributed by atoms with Crippen LogP contribution in [0.2, 0.25) is 0 Å². The molecule has 0 radical (unpaired) electrons. The second-order valence-electron chi connectivity index (χ2n) is 3.50. The summed E-state index contributed by atoms with van der Waals surface area (Å²) in [5, 5.41) is 0. The van der Waals surface area contributed by atoms with Gasteiger partial charge in [0.05, 0.1) is 4.47 Å². The van der Waals surface area contributed by atoms with Crippen LogP contribution in [0.1, 0.15) is 5.56 Å². The fraction of sp³-hybridized carbons (Fsp3) is 0.0833. The fourth-order valence-electron chi connectivity index (χ4n) is 1.36. The summed E-state index contributed by atoms with van der Waals surface area (Å²) in [6.45, 7) is 0.292. The smallest absolute Gasteiger partial charge is 0.223 e. The number of nitrogens with two attached hydrogens (primary N) is 1. The number of halogens is 3. The summed E-state index contributed by atoms with van der Waals surface area (Å²) in [6.07, 6.45) is 1.60. The second kappa shape index (κ2) is 5.77. The van der Waals surface area contributed by atoms with Crippen molar-refractivity contribution in [3.63, 3.8) is 0 Å². The van der Waals surface area contributed by atoms with Crippen LogP contribution in [0.25, 0.3) is 0 Å². The van der Waals surface area contributed by atoms with Gasteiger partial charge in [0.25, 0.3) is 0 Å². The first-order valence-corrected chi connectivity index (χ1v) is 6.66. The highest BCUT2D eigenvalue weighted by molar-refractivity contribution is 9.10. The number of rotatable bonds is 3. The Morgan fingerprint density at radius 3 is 2.72 bits per heavy atom. The van der Waals surface area contributed by atoms with Gasteiger partial charge in [0.2, 0.25) is 5.88 Å². The number of hydrogen-bond donors (Lipinski definition) is 1. The zero-order valence-electron chi connectivity index (χ0n) is 9.16. The molecule has 1 aromatic carbocycles. The maximum absolute atomic E-state index is 13.3. The van der Waals surface area contributed by atoms with Crippen LogP contribution in [0, 0.1) is 5.82 Å². The van der Waals surface area contributed by atoms with E-state index < -0.39 is 0 Å². The van der Waals surface area contributed by atoms with Crippen molar-refractivity contribution in [1.82, 2.24) is 4.98 Å². The molecule has 0 aliphatic carbocycles. The summed E-state index contributed by atoms with van der Waals surface area (Å²) < 4.78 is 20.1. The van der Waals surface area contributed by atoms with E-state index >= 15 is 0 Å². The van der Waals surface area contributed by atoms with E-state index in [1.54, 1.807) is 18.3 Å². The van der Waals surface area contributed by atoms with Gasteiger partial charge in [-0.1, -0.05) is 0 Å². The first-order valence-electron chi connectivity index (χ1n) is 5.07. The largest absolute Gasteiger partial charge is 0.439 e. The lowest BCUT2D eigenvalue weighted by molar-refractivity contribution is 0.451. The van der Waals surface area contributed by atoms with Crippen LogP contribution in [0.3, 0.4) is 0 Å². The summed E-state index contributed by atoms with van der Waals surface area (Å²) in [6, 6.07) is 6.33. The summed E-state index contributed by atoms with van der Waals surface area (Å²) in [5.41, 5.74) is 6.35. The molecule has 1 aromatic heterocycles. The van der Waals surface area contributed by atoms with Gasteiger partial charge in [-0.3, -0.25) is 0 Å². The van der Waals surface area contributed by atoms with E-state index in [1.165, 1.54) is 6.07 Å². The molecule has 2 rings (SSSR count). The predicted octanol–water partition coefficient (Wildman–Crippen LogP) is 4.00. The summed E-state index contributed by atoms with van der Waals surface area (Å²) in [4.78, 5) is 4.11. The third-order valence-corrected chi connectivity index (χ3v) is 3.29. The number of pyridine rings is 1. The summed E-state index contributed by atoms with van der Waals surface area (Å²) in [7, 11) is 0. The molecule has 0 bridgehead atoms. The van der Waals surface area contributed by atoms with E-state index in [0.717, 1.165) is 10.0 Å². The van der Waals surface area contributed by atoms with Crippen LogP contribution in [0.5, 0.6) is 11.6 Å². The van der Waals surface area contributed by atoms with Crippen molar-refractivity contribution in [3.05, 3.63) is 50.8 Å². The van der Waals surface area contributed by atoms with Gasteiger partial charge >= 0.3 is 0 Å². The van der Waals surface area contributed by atoms with E-state index in [2.05, 4.69) is 36.8 Å². The van der Waals surface area contributed by atoms with E-state index in [9.17, 15) is 4.39 Å². The van der Waals surface area contributed by atoms with Crippen molar-refractivity contribution < 1.29 is 9.13 Å². The predicted molar refractivity (Wildman–Crippen MR) is 74.0 cm³/mol. The first-order chi connectivity index (χ1) is 8.60. The van der Waals surface area contributed by atoms with Gasteiger partial charge in [0, 0.05) is 28.8 Å². The lowest BCUT2D eigenvalue weighted by atomic mass is 10.2. The minimum absolute atomic E-state index is 0.292. The van der Waals surface area contributed by atoms with Crippen molar-refractivity contribution >= 4 is 31.9 Å². The van der Waals surface area contributed by atoms with Crippen LogP contribution in [0.4, 0.5) is 4.39 Å². The number of nitrogens with zero attached hydrogens (tertiary/aromatic N) is 1. The van der Waals surface area contributed by atoms with Gasteiger partial charge in [0.1, 0.15) is 11.6 Å². The average molecular weight is 376 g/mol. The maximum atomic E-state index is 13.3. The summed E-state index contributed by atoms with van der Waals surface area (Å²) >= 11 is 6.38. The number of benzene rings is 1. The average Bonchev–Trinajstić information content (AvgIpc) is 2.36. The quantitative estimate of drug-likeness (QED) is 0.882. The van der Waals surface area contributed by atoms with Gasteiger partial charge < -0.3 is 10.5 Å². The Bertz CT molecular complexity index is 578. The first kappa shape index (κ1) is 13.5. The molecule has 6 heteroatoms. The van der Waals surface area contributed by atoms with Gasteiger partial charge in [-0.15, -0.1) is 0 Å². The SMILES string of the molecule is NCc1cc(Br)cnc1Oc1ccc(Br)c(F)c1. The Morgan fingerprint density at radius 2 is 2.06 bits per heavy atom. The maximum Gasteiger partial charge on any atom is 0.223 e. The molecule has 0 atom stereocenters. The zero-order chi connectivity index (χ0) is 13.1. The highest BCUT2D eigenvalue weighted by Crippen LogP contribution is 2.27. The lowest BCUT2D eigenvalue weighted by Crippen LogP contribution is -2.01. The topological polar surface area (TPSA) is 48.1 Å². The van der Waals surface area contributed by atoms with Crippen molar-refractivity contribution in [3.8, 4) is 11.6 Å². The highest BCUT2D eigenvalue weighted by atomic mass is 79.9. The number of ether oxygens (including phenoxy) is 1. The highest BCUT2D eigenvalue weighted by Gasteiger charge is 2.08. The number of hydrogen-bond acceptors (Lipinski definition) is 3. The minimum Gasteiger partial charge on any atom is -0.439 e. The Balaban J connectivity index is 2.30. The normalized spacial score (nSPS) is 10.4. The van der Waals surface area contributed by atoms with E-state index in [-0.39, 0.29) is 5.82 Å².